The number of nitro groups is 1. The Kier molecular flexibility index (Phi) is 5.56. The van der Waals surface area contributed by atoms with Gasteiger partial charge in [0.2, 0.25) is 0 Å². The summed E-state index contributed by atoms with van der Waals surface area (Å²) in [4.78, 5) is 39.6. The van der Waals surface area contributed by atoms with Crippen molar-refractivity contribution in [2.45, 2.75) is 13.8 Å². The first-order chi connectivity index (χ1) is 11.9. The molecule has 0 unspecified atom stereocenters. The molecule has 1 amide bonds. The molecule has 2 N–H and O–H groups in total. The SMILES string of the molecule is CCOc1ccc(/C=N/NC(=O)c2cc(C)[nH]c(=O)n2)cc1[N+](=O)[O-]. The van der Waals surface area contributed by atoms with Crippen molar-refractivity contribution >= 4 is 17.8 Å². The van der Waals surface area contributed by atoms with Gasteiger partial charge in [-0.2, -0.15) is 10.1 Å². The van der Waals surface area contributed by atoms with E-state index >= 15 is 0 Å². The average molecular weight is 345 g/mol. The van der Waals surface area contributed by atoms with Crippen LogP contribution in [0.2, 0.25) is 0 Å². The number of hydrogen-bond acceptors (Lipinski definition) is 7. The third-order valence-electron chi connectivity index (χ3n) is 2.97. The van der Waals surface area contributed by atoms with Crippen molar-refractivity contribution in [2.24, 2.45) is 5.10 Å². The third-order valence-corrected chi connectivity index (χ3v) is 2.97. The minimum Gasteiger partial charge on any atom is -0.487 e. The van der Waals surface area contributed by atoms with Gasteiger partial charge in [0, 0.05) is 17.3 Å². The Hall–Kier alpha value is -3.56. The molecular formula is C15H15N5O5. The van der Waals surface area contributed by atoms with Crippen LogP contribution in [0.3, 0.4) is 0 Å². The van der Waals surface area contributed by atoms with Gasteiger partial charge in [-0.3, -0.25) is 14.9 Å². The van der Waals surface area contributed by atoms with Gasteiger partial charge < -0.3 is 9.72 Å². The smallest absolute Gasteiger partial charge is 0.345 e. The Morgan fingerprint density at radius 3 is 2.88 bits per heavy atom. The predicted molar refractivity (Wildman–Crippen MR) is 88.9 cm³/mol. The number of carbonyl (C=O) groups is 1. The lowest BCUT2D eigenvalue weighted by molar-refractivity contribution is -0.385. The van der Waals surface area contributed by atoms with Crippen molar-refractivity contribution in [1.82, 2.24) is 15.4 Å². The van der Waals surface area contributed by atoms with Gasteiger partial charge in [-0.25, -0.2) is 10.2 Å². The van der Waals surface area contributed by atoms with Crippen LogP contribution in [0.1, 0.15) is 28.7 Å². The summed E-state index contributed by atoms with van der Waals surface area (Å²) in [5.41, 5.74) is 2.15. The fourth-order valence-electron chi connectivity index (χ4n) is 1.95. The summed E-state index contributed by atoms with van der Waals surface area (Å²) in [6.45, 7) is 3.63. The Morgan fingerprint density at radius 2 is 2.24 bits per heavy atom. The quantitative estimate of drug-likeness (QED) is 0.457. The van der Waals surface area contributed by atoms with E-state index in [1.807, 2.05) is 0 Å². The van der Waals surface area contributed by atoms with Crippen molar-refractivity contribution in [3.05, 3.63) is 61.8 Å². The van der Waals surface area contributed by atoms with E-state index in [-0.39, 0.29) is 17.1 Å². The Labute approximate surface area is 141 Å². The van der Waals surface area contributed by atoms with Crippen LogP contribution in [0.25, 0.3) is 0 Å². The number of amides is 1. The van der Waals surface area contributed by atoms with E-state index < -0.39 is 16.5 Å². The molecule has 25 heavy (non-hydrogen) atoms. The normalized spacial score (nSPS) is 10.6. The molecule has 1 heterocycles. The Morgan fingerprint density at radius 1 is 1.48 bits per heavy atom. The lowest BCUT2D eigenvalue weighted by Crippen LogP contribution is -2.24. The average Bonchev–Trinajstić information content (AvgIpc) is 2.55. The maximum absolute atomic E-state index is 11.9. The number of aromatic amines is 1. The predicted octanol–water partition coefficient (Wildman–Crippen LogP) is 1.15. The number of ether oxygens (including phenoxy) is 1. The first kappa shape index (κ1) is 17.8. The second-order valence-corrected chi connectivity index (χ2v) is 4.87. The zero-order valence-electron chi connectivity index (χ0n) is 13.5. The fraction of sp³-hybridized carbons (Fsp3) is 0.200. The monoisotopic (exact) mass is 345 g/mol. The summed E-state index contributed by atoms with van der Waals surface area (Å²) in [5, 5.41) is 14.8. The molecule has 0 spiro atoms. The standard InChI is InChI=1S/C15H15N5O5/c1-3-25-13-5-4-10(7-12(13)20(23)24)8-16-19-14(21)11-6-9(2)17-15(22)18-11/h4-8H,3H2,1-2H3,(H,19,21)(H,17,18,22)/b16-8+. The molecule has 0 saturated heterocycles. The highest BCUT2D eigenvalue weighted by Crippen LogP contribution is 2.27. The minimum atomic E-state index is -0.675. The van der Waals surface area contributed by atoms with E-state index in [4.69, 9.17) is 4.74 Å². The molecule has 0 radical (unpaired) electrons. The van der Waals surface area contributed by atoms with Crippen LogP contribution in [0.5, 0.6) is 5.75 Å². The lowest BCUT2D eigenvalue weighted by Gasteiger charge is -2.04. The number of nitro benzene ring substituents is 1. The van der Waals surface area contributed by atoms with E-state index in [0.29, 0.717) is 17.9 Å². The number of aromatic nitrogens is 2. The molecule has 0 fully saturated rings. The summed E-state index contributed by atoms with van der Waals surface area (Å²) in [6, 6.07) is 5.68. The summed E-state index contributed by atoms with van der Waals surface area (Å²) < 4.78 is 5.18. The van der Waals surface area contributed by atoms with Gasteiger partial charge in [0.05, 0.1) is 17.7 Å². The summed E-state index contributed by atoms with van der Waals surface area (Å²) >= 11 is 0. The van der Waals surface area contributed by atoms with Crippen LogP contribution in [0, 0.1) is 17.0 Å². The number of nitrogens with zero attached hydrogens (tertiary/aromatic N) is 3. The van der Waals surface area contributed by atoms with E-state index in [2.05, 4.69) is 20.5 Å². The summed E-state index contributed by atoms with van der Waals surface area (Å²) in [5.74, 6) is -0.525. The molecule has 1 aromatic heterocycles. The Balaban J connectivity index is 2.13. The van der Waals surface area contributed by atoms with Gasteiger partial charge in [-0.15, -0.1) is 0 Å². The molecule has 0 saturated carbocycles. The van der Waals surface area contributed by atoms with Crippen LogP contribution < -0.4 is 15.9 Å². The topological polar surface area (TPSA) is 140 Å². The molecule has 1 aromatic carbocycles. The molecule has 2 rings (SSSR count). The van der Waals surface area contributed by atoms with Crippen LogP contribution in [-0.2, 0) is 0 Å². The molecule has 0 aliphatic heterocycles. The minimum absolute atomic E-state index is 0.0870. The van der Waals surface area contributed by atoms with Gasteiger partial charge in [0.15, 0.2) is 5.75 Å². The van der Waals surface area contributed by atoms with Gasteiger partial charge in [0.1, 0.15) is 5.69 Å². The van der Waals surface area contributed by atoms with Crippen molar-refractivity contribution in [3.63, 3.8) is 0 Å². The second kappa shape index (κ2) is 7.81. The summed E-state index contributed by atoms with van der Waals surface area (Å²) in [7, 11) is 0. The van der Waals surface area contributed by atoms with E-state index in [1.54, 1.807) is 19.9 Å². The highest BCUT2D eigenvalue weighted by molar-refractivity contribution is 5.93. The number of hydrazone groups is 1. The van der Waals surface area contributed by atoms with E-state index in [9.17, 15) is 19.7 Å². The number of benzene rings is 1. The lowest BCUT2D eigenvalue weighted by atomic mass is 10.2. The molecule has 0 atom stereocenters. The molecule has 10 nitrogen and oxygen atoms in total. The first-order valence-corrected chi connectivity index (χ1v) is 7.23. The number of hydrogen-bond donors (Lipinski definition) is 2. The largest absolute Gasteiger partial charge is 0.487 e. The maximum atomic E-state index is 11.9. The molecule has 10 heteroatoms. The number of rotatable bonds is 6. The Bertz CT molecular complexity index is 890. The molecule has 0 bridgehead atoms. The van der Waals surface area contributed by atoms with E-state index in [1.165, 1.54) is 24.4 Å². The van der Waals surface area contributed by atoms with Crippen molar-refractivity contribution < 1.29 is 14.5 Å². The van der Waals surface area contributed by atoms with Crippen LogP contribution in [0.15, 0.2) is 34.2 Å². The zero-order valence-corrected chi connectivity index (χ0v) is 13.5. The first-order valence-electron chi connectivity index (χ1n) is 7.23. The molecule has 0 aliphatic carbocycles. The maximum Gasteiger partial charge on any atom is 0.345 e. The van der Waals surface area contributed by atoms with Crippen molar-refractivity contribution in [1.29, 1.82) is 0 Å². The number of H-pyrrole nitrogens is 1. The highest BCUT2D eigenvalue weighted by atomic mass is 16.6. The number of aryl methyl sites for hydroxylation is 1. The van der Waals surface area contributed by atoms with E-state index in [0.717, 1.165) is 0 Å². The second-order valence-electron chi connectivity index (χ2n) is 4.87. The third kappa shape index (κ3) is 4.70. The fourth-order valence-corrected chi connectivity index (χ4v) is 1.95. The van der Waals surface area contributed by atoms with Crippen LogP contribution in [0.4, 0.5) is 5.69 Å². The van der Waals surface area contributed by atoms with Crippen molar-refractivity contribution in [2.75, 3.05) is 6.61 Å². The molecule has 0 aliphatic rings. The van der Waals surface area contributed by atoms with Crippen LogP contribution >= 0.6 is 0 Å². The number of carbonyl (C=O) groups excluding carboxylic acids is 1. The number of nitrogens with one attached hydrogen (secondary N) is 2. The van der Waals surface area contributed by atoms with Gasteiger partial charge in [-0.1, -0.05) is 0 Å². The molecular weight excluding hydrogens is 330 g/mol. The van der Waals surface area contributed by atoms with Crippen molar-refractivity contribution in [3.8, 4) is 5.75 Å². The van der Waals surface area contributed by atoms with Gasteiger partial charge in [0.25, 0.3) is 5.91 Å². The molecule has 130 valence electrons. The zero-order chi connectivity index (χ0) is 18.4. The summed E-state index contributed by atoms with van der Waals surface area (Å²) in [6.07, 6.45) is 1.24. The van der Waals surface area contributed by atoms with Gasteiger partial charge in [-0.05, 0) is 32.0 Å². The molecule has 2 aromatic rings. The van der Waals surface area contributed by atoms with Crippen LogP contribution in [-0.4, -0.2) is 33.6 Å². The van der Waals surface area contributed by atoms with Gasteiger partial charge >= 0.3 is 11.4 Å². The highest BCUT2D eigenvalue weighted by Gasteiger charge is 2.15.